The number of morpholine rings is 1. The van der Waals surface area contributed by atoms with Crippen molar-refractivity contribution in [3.8, 4) is 0 Å². The molecule has 0 radical (unpaired) electrons. The summed E-state index contributed by atoms with van der Waals surface area (Å²) >= 11 is 0. The Labute approximate surface area is 137 Å². The lowest BCUT2D eigenvalue weighted by Gasteiger charge is -2.32. The van der Waals surface area contributed by atoms with Gasteiger partial charge in [-0.3, -0.25) is 9.69 Å². The number of rotatable bonds is 6. The Kier molecular flexibility index (Phi) is 5.30. The van der Waals surface area contributed by atoms with Gasteiger partial charge >= 0.3 is 0 Å². The number of benzene rings is 1. The van der Waals surface area contributed by atoms with Crippen LogP contribution in [0, 0.1) is 5.92 Å². The Bertz CT molecular complexity index is 526. The summed E-state index contributed by atoms with van der Waals surface area (Å²) in [6, 6.07) is 8.55. The van der Waals surface area contributed by atoms with Gasteiger partial charge in [0.05, 0.1) is 25.2 Å². The van der Waals surface area contributed by atoms with Gasteiger partial charge in [-0.25, -0.2) is 0 Å². The van der Waals surface area contributed by atoms with Gasteiger partial charge in [-0.05, 0) is 38.0 Å². The first kappa shape index (κ1) is 16.4. The summed E-state index contributed by atoms with van der Waals surface area (Å²) < 4.78 is 10.9. The summed E-state index contributed by atoms with van der Waals surface area (Å²) in [6.07, 6.45) is 0.951. The molecule has 1 saturated carbocycles. The molecule has 126 valence electrons. The zero-order valence-electron chi connectivity index (χ0n) is 14.0. The fourth-order valence-electron chi connectivity index (χ4n) is 3.10. The number of hydrogen-bond acceptors (Lipinski definition) is 4. The number of ether oxygens (including phenoxy) is 2. The lowest BCUT2D eigenvalue weighted by Crippen LogP contribution is -2.38. The van der Waals surface area contributed by atoms with Gasteiger partial charge in [0, 0.05) is 31.4 Å². The Morgan fingerprint density at radius 3 is 2.70 bits per heavy atom. The minimum Gasteiger partial charge on any atom is -0.379 e. The molecule has 2 fully saturated rings. The fraction of sp³-hybridized carbons (Fsp3) is 0.611. The number of carbonyl (C=O) groups excluding carboxylic acids is 1. The highest BCUT2D eigenvalue weighted by molar-refractivity contribution is 5.94. The molecule has 1 aliphatic heterocycles. The summed E-state index contributed by atoms with van der Waals surface area (Å²) in [7, 11) is 0. The Morgan fingerprint density at radius 1 is 1.35 bits per heavy atom. The highest BCUT2D eigenvalue weighted by Crippen LogP contribution is 2.34. The fourth-order valence-corrected chi connectivity index (χ4v) is 3.10. The van der Waals surface area contributed by atoms with Gasteiger partial charge in [0.25, 0.3) is 0 Å². The van der Waals surface area contributed by atoms with Crippen molar-refractivity contribution in [1.82, 2.24) is 4.90 Å². The average molecular weight is 318 g/mol. The first-order chi connectivity index (χ1) is 11.2. The molecule has 1 aromatic rings. The molecule has 1 amide bonds. The number of anilines is 1. The van der Waals surface area contributed by atoms with E-state index < -0.39 is 0 Å². The summed E-state index contributed by atoms with van der Waals surface area (Å²) in [5.41, 5.74) is 2.12. The molecule has 5 nitrogen and oxygen atoms in total. The predicted molar refractivity (Wildman–Crippen MR) is 89.4 cm³/mol. The van der Waals surface area contributed by atoms with Crippen LogP contribution in [0.3, 0.4) is 0 Å². The molecule has 0 spiro atoms. The molecular weight excluding hydrogens is 292 g/mol. The summed E-state index contributed by atoms with van der Waals surface area (Å²) in [6.45, 7) is 8.40. The van der Waals surface area contributed by atoms with E-state index in [1.807, 2.05) is 19.1 Å². The SMILES string of the molecule is CCO[C@@H]1C[C@@H]1C(=O)Nc1ccc([C@@H](C)N2CCOCC2)cc1. The zero-order valence-corrected chi connectivity index (χ0v) is 14.0. The van der Waals surface area contributed by atoms with Gasteiger partial charge in [-0.2, -0.15) is 0 Å². The first-order valence-corrected chi connectivity index (χ1v) is 8.53. The van der Waals surface area contributed by atoms with Crippen molar-refractivity contribution in [2.45, 2.75) is 32.4 Å². The van der Waals surface area contributed by atoms with Gasteiger partial charge in [0.2, 0.25) is 5.91 Å². The number of carbonyl (C=O) groups is 1. The number of amides is 1. The van der Waals surface area contributed by atoms with Crippen LogP contribution in [0.5, 0.6) is 0 Å². The van der Waals surface area contributed by atoms with Crippen LogP contribution in [-0.4, -0.2) is 49.8 Å². The Hall–Kier alpha value is -1.43. The van der Waals surface area contributed by atoms with E-state index in [1.54, 1.807) is 0 Å². The summed E-state index contributed by atoms with van der Waals surface area (Å²) in [5, 5.41) is 2.99. The van der Waals surface area contributed by atoms with Crippen LogP contribution >= 0.6 is 0 Å². The van der Waals surface area contributed by atoms with Gasteiger partial charge in [-0.1, -0.05) is 12.1 Å². The second kappa shape index (κ2) is 7.43. The van der Waals surface area contributed by atoms with Gasteiger partial charge in [0.15, 0.2) is 0 Å². The van der Waals surface area contributed by atoms with Gasteiger partial charge in [-0.15, -0.1) is 0 Å². The van der Waals surface area contributed by atoms with Crippen molar-refractivity contribution in [1.29, 1.82) is 0 Å². The minimum absolute atomic E-state index is 0.0156. The van der Waals surface area contributed by atoms with E-state index in [2.05, 4.69) is 29.3 Å². The molecule has 1 aliphatic carbocycles. The average Bonchev–Trinajstić information content (AvgIpc) is 3.35. The van der Waals surface area contributed by atoms with E-state index in [9.17, 15) is 4.79 Å². The highest BCUT2D eigenvalue weighted by atomic mass is 16.5. The van der Waals surface area contributed by atoms with Gasteiger partial charge < -0.3 is 14.8 Å². The number of hydrogen-bond donors (Lipinski definition) is 1. The lowest BCUT2D eigenvalue weighted by molar-refractivity contribution is -0.118. The minimum atomic E-state index is 0.0156. The first-order valence-electron chi connectivity index (χ1n) is 8.53. The van der Waals surface area contributed by atoms with E-state index in [0.717, 1.165) is 38.4 Å². The van der Waals surface area contributed by atoms with E-state index in [4.69, 9.17) is 9.47 Å². The van der Waals surface area contributed by atoms with E-state index in [1.165, 1.54) is 5.56 Å². The van der Waals surface area contributed by atoms with Crippen LogP contribution in [0.15, 0.2) is 24.3 Å². The molecule has 1 N–H and O–H groups in total. The standard InChI is InChI=1S/C18H26N2O3/c1-3-23-17-12-16(17)18(21)19-15-6-4-14(5-7-15)13(2)20-8-10-22-11-9-20/h4-7,13,16-17H,3,8-12H2,1-2H3,(H,19,21)/t13-,16+,17-/m1/s1. The Balaban J connectivity index is 1.53. The molecule has 23 heavy (non-hydrogen) atoms. The third-order valence-corrected chi connectivity index (χ3v) is 4.70. The maximum Gasteiger partial charge on any atom is 0.230 e. The Morgan fingerprint density at radius 2 is 2.04 bits per heavy atom. The quantitative estimate of drug-likeness (QED) is 0.875. The number of nitrogens with one attached hydrogen (secondary N) is 1. The van der Waals surface area contributed by atoms with Crippen molar-refractivity contribution in [3.63, 3.8) is 0 Å². The van der Waals surface area contributed by atoms with E-state index in [-0.39, 0.29) is 17.9 Å². The second-order valence-corrected chi connectivity index (χ2v) is 6.27. The third-order valence-electron chi connectivity index (χ3n) is 4.70. The van der Waals surface area contributed by atoms with Crippen LogP contribution in [-0.2, 0) is 14.3 Å². The molecule has 1 saturated heterocycles. The summed E-state index contributed by atoms with van der Waals surface area (Å²) in [4.78, 5) is 14.5. The van der Waals surface area contributed by atoms with Crippen LogP contribution in [0.1, 0.15) is 31.9 Å². The third kappa shape index (κ3) is 4.10. The number of nitrogens with zero attached hydrogens (tertiary/aromatic N) is 1. The summed E-state index contributed by atoms with van der Waals surface area (Å²) in [5.74, 6) is 0.0827. The van der Waals surface area contributed by atoms with Crippen molar-refractivity contribution < 1.29 is 14.3 Å². The van der Waals surface area contributed by atoms with Gasteiger partial charge in [0.1, 0.15) is 0 Å². The second-order valence-electron chi connectivity index (χ2n) is 6.27. The molecule has 3 rings (SSSR count). The van der Waals surface area contributed by atoms with Crippen molar-refractivity contribution in [3.05, 3.63) is 29.8 Å². The molecular formula is C18H26N2O3. The largest absolute Gasteiger partial charge is 0.379 e. The van der Waals surface area contributed by atoms with Crippen LogP contribution in [0.2, 0.25) is 0 Å². The molecule has 5 heteroatoms. The predicted octanol–water partition coefficient (Wildman–Crippen LogP) is 2.44. The van der Waals surface area contributed by atoms with Crippen LogP contribution < -0.4 is 5.32 Å². The molecule has 1 aromatic carbocycles. The smallest absolute Gasteiger partial charge is 0.230 e. The normalized spacial score (nSPS) is 25.8. The highest BCUT2D eigenvalue weighted by Gasteiger charge is 2.43. The lowest BCUT2D eigenvalue weighted by atomic mass is 10.1. The van der Waals surface area contributed by atoms with Crippen molar-refractivity contribution in [2.75, 3.05) is 38.2 Å². The molecule has 0 aromatic heterocycles. The molecule has 0 bridgehead atoms. The molecule has 3 atom stereocenters. The zero-order chi connectivity index (χ0) is 16.2. The van der Waals surface area contributed by atoms with Crippen molar-refractivity contribution in [2.24, 2.45) is 5.92 Å². The maximum absolute atomic E-state index is 12.1. The van der Waals surface area contributed by atoms with Crippen molar-refractivity contribution >= 4 is 11.6 Å². The van der Waals surface area contributed by atoms with Crippen LogP contribution in [0.25, 0.3) is 0 Å². The van der Waals surface area contributed by atoms with E-state index in [0.29, 0.717) is 12.6 Å². The molecule has 0 unspecified atom stereocenters. The maximum atomic E-state index is 12.1. The van der Waals surface area contributed by atoms with Crippen LogP contribution in [0.4, 0.5) is 5.69 Å². The van der Waals surface area contributed by atoms with E-state index >= 15 is 0 Å². The monoisotopic (exact) mass is 318 g/mol. The molecule has 2 aliphatic rings. The molecule has 1 heterocycles. The topological polar surface area (TPSA) is 50.8 Å².